The molecule has 0 aromatic heterocycles. The molecule has 0 bridgehead atoms. The van der Waals surface area contributed by atoms with Crippen molar-refractivity contribution < 1.29 is 97.5 Å². The minimum Gasteiger partial charge on any atom is -0.508 e. The number of nitrogens with zero attached hydrogens (tertiary/aromatic N) is 1. The van der Waals surface area contributed by atoms with Gasteiger partial charge < -0.3 is 113 Å². The van der Waals surface area contributed by atoms with Crippen LogP contribution in [0.15, 0.2) is 59.6 Å². The zero-order chi connectivity index (χ0) is 78.3. The number of carboxylic acid groups (broad SMARTS) is 4. The molecule has 0 saturated heterocycles. The number of carbonyl (C=O) groups excluding carboxylic acids is 11. The largest absolute Gasteiger partial charge is 0.508 e. The molecule has 2 rings (SSSR count). The second-order valence-electron chi connectivity index (χ2n) is 25.6. The Balaban J connectivity index is 2.40. The Hall–Kier alpha value is -10.6. The molecule has 0 aliphatic heterocycles. The summed E-state index contributed by atoms with van der Waals surface area (Å²) in [5.41, 5.74) is 29.5. The number of nitrogens with two attached hydrogens (primary N) is 5. The van der Waals surface area contributed by atoms with Crippen molar-refractivity contribution in [2.75, 3.05) is 19.6 Å². The highest BCUT2D eigenvalue weighted by molar-refractivity contribution is 6.00. The molecule has 37 nitrogen and oxygen atoms in total. The third-order valence-electron chi connectivity index (χ3n) is 16.3. The lowest BCUT2D eigenvalue weighted by molar-refractivity contribution is -0.143. The number of hydrogen-bond donors (Lipinski definition) is 21. The number of aliphatic imine (C=N–C) groups is 1. The Morgan fingerprint density at radius 3 is 1.31 bits per heavy atom. The molecular formula is C67H105N17O20. The highest BCUT2D eigenvalue weighted by Gasteiger charge is 2.38. The summed E-state index contributed by atoms with van der Waals surface area (Å²) in [5.74, 6) is -18.6. The quantitative estimate of drug-likeness (QED) is 0.0171. The Morgan fingerprint density at radius 1 is 0.423 bits per heavy atom. The van der Waals surface area contributed by atoms with E-state index >= 15 is 0 Å². The van der Waals surface area contributed by atoms with E-state index in [1.54, 1.807) is 58.0 Å². The normalized spacial score (nSPS) is 14.8. The number of benzene rings is 2. The zero-order valence-electron chi connectivity index (χ0n) is 59.4. The molecule has 0 unspecified atom stereocenters. The van der Waals surface area contributed by atoms with Crippen LogP contribution in [0.5, 0.6) is 5.75 Å². The molecule has 2 aromatic carbocycles. The molecule has 0 aliphatic carbocycles. The molecule has 26 N–H and O–H groups in total. The van der Waals surface area contributed by atoms with Gasteiger partial charge in [0.2, 0.25) is 65.0 Å². The van der Waals surface area contributed by atoms with Gasteiger partial charge in [0.25, 0.3) is 0 Å². The van der Waals surface area contributed by atoms with Crippen molar-refractivity contribution in [3.8, 4) is 5.75 Å². The Kier molecular flexibility index (Phi) is 40.3. The van der Waals surface area contributed by atoms with E-state index in [2.05, 4.69) is 63.5 Å². The fourth-order valence-electron chi connectivity index (χ4n) is 10.3. The highest BCUT2D eigenvalue weighted by atomic mass is 16.4. The number of aromatic hydroxyl groups is 1. The maximum Gasteiger partial charge on any atom is 0.326 e. The summed E-state index contributed by atoms with van der Waals surface area (Å²) in [7, 11) is 0. The average molecular weight is 1470 g/mol. The monoisotopic (exact) mass is 1470 g/mol. The van der Waals surface area contributed by atoms with E-state index in [1.807, 2.05) is 0 Å². The lowest BCUT2D eigenvalue weighted by atomic mass is 9.96. The highest BCUT2D eigenvalue weighted by Crippen LogP contribution is 2.16. The van der Waals surface area contributed by atoms with Gasteiger partial charge in [-0.15, -0.1) is 0 Å². The van der Waals surface area contributed by atoms with Crippen LogP contribution in [0.3, 0.4) is 0 Å². The topological polar surface area (TPSA) is 632 Å². The zero-order valence-corrected chi connectivity index (χ0v) is 59.4. The van der Waals surface area contributed by atoms with Crippen molar-refractivity contribution in [1.29, 1.82) is 0 Å². The van der Waals surface area contributed by atoms with Gasteiger partial charge in [0, 0.05) is 19.4 Å². The fraction of sp³-hybridized carbons (Fsp3) is 0.582. The second kappa shape index (κ2) is 46.9. The van der Waals surface area contributed by atoms with E-state index in [0.29, 0.717) is 36.8 Å². The van der Waals surface area contributed by atoms with Crippen LogP contribution >= 0.6 is 0 Å². The van der Waals surface area contributed by atoms with E-state index in [4.69, 9.17) is 28.7 Å². The molecule has 13 atom stereocenters. The number of hydrogen-bond acceptors (Lipinski definition) is 20. The predicted octanol–water partition coefficient (Wildman–Crippen LogP) is -3.82. The minimum absolute atomic E-state index is 0.0182. The summed E-state index contributed by atoms with van der Waals surface area (Å²) in [6.07, 6.45) is -2.64. The van der Waals surface area contributed by atoms with Gasteiger partial charge in [-0.1, -0.05) is 76.6 Å². The molecule has 0 spiro atoms. The Bertz CT molecular complexity index is 3250. The van der Waals surface area contributed by atoms with E-state index in [1.165, 1.54) is 38.1 Å². The van der Waals surface area contributed by atoms with Gasteiger partial charge >= 0.3 is 23.9 Å². The average Bonchev–Trinajstić information content (AvgIpc) is 0.843. The number of guanidine groups is 1. The van der Waals surface area contributed by atoms with E-state index in [-0.39, 0.29) is 88.6 Å². The molecule has 0 heterocycles. The number of phenolic OH excluding ortho intramolecular Hbond substituents is 1. The molecular weight excluding hydrogens is 1360 g/mol. The van der Waals surface area contributed by atoms with E-state index in [0.717, 1.165) is 0 Å². The summed E-state index contributed by atoms with van der Waals surface area (Å²) in [5, 5.41) is 75.6. The van der Waals surface area contributed by atoms with Gasteiger partial charge in [-0.2, -0.15) is 0 Å². The van der Waals surface area contributed by atoms with Gasteiger partial charge in [0.15, 0.2) is 5.96 Å². The standard InChI is InChI=1S/C67H105N17O20/c1-7-36(4)54(65(102)79-46(66(103)104)19-12-14-28-69)84-64(101)48(32-39-16-9-8-10-17-39)81-63(100)50(34-53(90)91)82-59(96)43(18-11-13-27-68)76-56(93)38(6)74-55(92)37(5)75-58(95)44(20-15-29-73-67(71)72)77-60(97)45(25-26-51(86)87)78-62(99)49(33-52(88)89)83-61(98)47(30-35(2)3)80-57(94)42(70)31-40-21-23-41(85)24-22-40/h8-10,16-17,21-24,35-38,42-50,54,85H,7,11-15,18-20,25-34,68-70H2,1-6H3,(H,74,92)(H,75,95)(H,76,93)(H,77,97)(H,78,99)(H,79,102)(H,80,94)(H,81,100)(H,82,96)(H,83,98)(H,84,101)(H,86,87)(H,88,89)(H,90,91)(H,103,104)(H4,71,72,73)/t36-,37-,38-,42-,43-,44-,45-,46-,47-,48-,49-,50-,54-/m0/s1. The SMILES string of the molecule is CC[C@H](C)[C@H](NC(=O)[C@H](Cc1ccccc1)NC(=O)[C@H](CC(=O)O)NC(=O)[C@H](CCCCN)NC(=O)[C@H](C)NC(=O)[C@H](C)NC(=O)[C@H](CCCN=C(N)N)NC(=O)[C@H](CCC(=O)O)NC(=O)[C@H](CC(=O)O)NC(=O)[C@H](CC(C)C)NC(=O)[C@@H](N)Cc1ccc(O)cc1)C(=O)N[C@@H](CCCCN)C(=O)O. The smallest absolute Gasteiger partial charge is 0.326 e. The third-order valence-corrected chi connectivity index (χ3v) is 16.3. The molecule has 0 aliphatic rings. The van der Waals surface area contributed by atoms with E-state index < -0.39 is 193 Å². The van der Waals surface area contributed by atoms with Gasteiger partial charge in [-0.3, -0.25) is 72.1 Å². The van der Waals surface area contributed by atoms with Crippen molar-refractivity contribution in [2.24, 2.45) is 45.5 Å². The van der Waals surface area contributed by atoms with Gasteiger partial charge in [-0.25, -0.2) is 4.79 Å². The van der Waals surface area contributed by atoms with Crippen molar-refractivity contribution in [1.82, 2.24) is 58.5 Å². The number of carbonyl (C=O) groups is 15. The lowest BCUT2D eigenvalue weighted by Gasteiger charge is -2.29. The number of unbranched alkanes of at least 4 members (excludes halogenated alkanes) is 2. The first-order valence-corrected chi connectivity index (χ1v) is 34.3. The van der Waals surface area contributed by atoms with Gasteiger partial charge in [0.1, 0.15) is 72.2 Å². The molecule has 2 aromatic rings. The maximum absolute atomic E-state index is 14.3. The van der Waals surface area contributed by atoms with Crippen LogP contribution in [0.1, 0.15) is 143 Å². The second-order valence-corrected chi connectivity index (χ2v) is 25.6. The molecule has 0 saturated carbocycles. The summed E-state index contributed by atoms with van der Waals surface area (Å²) >= 11 is 0. The number of nitrogens with one attached hydrogen (secondary N) is 11. The first-order valence-electron chi connectivity index (χ1n) is 34.3. The first kappa shape index (κ1) is 89.5. The van der Waals surface area contributed by atoms with Crippen LogP contribution in [0.4, 0.5) is 0 Å². The van der Waals surface area contributed by atoms with Crippen molar-refractivity contribution in [3.63, 3.8) is 0 Å². The molecule has 578 valence electrons. The summed E-state index contributed by atoms with van der Waals surface area (Å²) in [6, 6.07) is -4.68. The number of amides is 11. The number of rotatable bonds is 50. The molecule has 0 fully saturated rings. The van der Waals surface area contributed by atoms with Crippen LogP contribution in [0.25, 0.3) is 0 Å². The molecule has 0 radical (unpaired) electrons. The summed E-state index contributed by atoms with van der Waals surface area (Å²) < 4.78 is 0. The van der Waals surface area contributed by atoms with Crippen molar-refractivity contribution in [2.45, 2.75) is 217 Å². The summed E-state index contributed by atoms with van der Waals surface area (Å²) in [6.45, 7) is 9.46. The predicted molar refractivity (Wildman–Crippen MR) is 376 cm³/mol. The van der Waals surface area contributed by atoms with Crippen LogP contribution in [0, 0.1) is 11.8 Å². The fourth-order valence-corrected chi connectivity index (χ4v) is 10.3. The van der Waals surface area contributed by atoms with Crippen LogP contribution < -0.4 is 87.2 Å². The molecule has 11 amide bonds. The minimum atomic E-state index is -1.96. The number of phenols is 1. The number of carboxylic acids is 4. The molecule has 104 heavy (non-hydrogen) atoms. The van der Waals surface area contributed by atoms with Crippen LogP contribution in [-0.4, -0.2) is 212 Å². The van der Waals surface area contributed by atoms with Gasteiger partial charge in [0.05, 0.1) is 18.9 Å². The summed E-state index contributed by atoms with van der Waals surface area (Å²) in [4.78, 5) is 206. The molecule has 37 heteroatoms. The maximum atomic E-state index is 14.3. The van der Waals surface area contributed by atoms with Crippen LogP contribution in [-0.2, 0) is 84.8 Å². The number of aliphatic carboxylic acids is 4. The van der Waals surface area contributed by atoms with Gasteiger partial charge in [-0.05, 0) is 133 Å². The Morgan fingerprint density at radius 2 is 0.827 bits per heavy atom. The van der Waals surface area contributed by atoms with Crippen LogP contribution in [0.2, 0.25) is 0 Å². The Labute approximate surface area is 602 Å². The third kappa shape index (κ3) is 34.4. The lowest BCUT2D eigenvalue weighted by Crippen LogP contribution is -2.61. The first-order chi connectivity index (χ1) is 49.0. The van der Waals surface area contributed by atoms with E-state index in [9.17, 15) is 97.5 Å². The van der Waals surface area contributed by atoms with Crippen molar-refractivity contribution >= 4 is 94.8 Å². The van der Waals surface area contributed by atoms with Crippen molar-refractivity contribution in [3.05, 3.63) is 65.7 Å².